The van der Waals surface area contributed by atoms with Gasteiger partial charge in [0.2, 0.25) is 6.67 Å². The fourth-order valence-electron chi connectivity index (χ4n) is 2.40. The van der Waals surface area contributed by atoms with Gasteiger partial charge >= 0.3 is 0 Å². The summed E-state index contributed by atoms with van der Waals surface area (Å²) in [7, 11) is 0. The minimum atomic E-state index is -0.0219. The van der Waals surface area contributed by atoms with Crippen molar-refractivity contribution in [2.45, 2.75) is 52.6 Å². The monoisotopic (exact) mass is 288 g/mol. The van der Waals surface area contributed by atoms with Gasteiger partial charge in [-0.1, -0.05) is 0 Å². The standard InChI is InChI=1S/C15H20N4S/c1-14(2,3)18-9-19(15(4,5)6)13-8-11-10(7-12(13)18)16-20-17-11/h7-8H,1-6H3. The van der Waals surface area contributed by atoms with E-state index in [2.05, 4.69) is 78.9 Å². The molecule has 1 aromatic heterocycles. The molecule has 2 radical (unpaired) electrons. The lowest BCUT2D eigenvalue weighted by Crippen LogP contribution is -2.45. The summed E-state index contributed by atoms with van der Waals surface area (Å²) >= 11 is 1.26. The molecule has 0 unspecified atom stereocenters. The van der Waals surface area contributed by atoms with Crippen molar-refractivity contribution in [3.63, 3.8) is 0 Å². The number of hydrogen-bond donors (Lipinski definition) is 0. The Morgan fingerprint density at radius 2 is 1.25 bits per heavy atom. The summed E-state index contributed by atoms with van der Waals surface area (Å²) in [4.78, 5) is 4.40. The first-order valence-corrected chi connectivity index (χ1v) is 7.54. The summed E-state index contributed by atoms with van der Waals surface area (Å²) in [5.74, 6) is 0. The zero-order valence-electron chi connectivity index (χ0n) is 12.9. The number of fused-ring (bicyclic) bond motifs is 2. The molecule has 1 aliphatic heterocycles. The van der Waals surface area contributed by atoms with Crippen LogP contribution < -0.4 is 9.80 Å². The largest absolute Gasteiger partial charge is 0.335 e. The van der Waals surface area contributed by atoms with E-state index in [0.29, 0.717) is 0 Å². The van der Waals surface area contributed by atoms with Crippen molar-refractivity contribution in [3.8, 4) is 0 Å². The number of hydrogen-bond acceptors (Lipinski definition) is 5. The van der Waals surface area contributed by atoms with Crippen LogP contribution in [0.2, 0.25) is 0 Å². The molecule has 4 nitrogen and oxygen atoms in total. The molecule has 1 aromatic carbocycles. The van der Waals surface area contributed by atoms with Crippen molar-refractivity contribution in [2.24, 2.45) is 0 Å². The van der Waals surface area contributed by atoms with Crippen LogP contribution in [0.5, 0.6) is 0 Å². The average molecular weight is 288 g/mol. The fraction of sp³-hybridized carbons (Fsp3) is 0.533. The third-order valence-electron chi connectivity index (χ3n) is 3.37. The topological polar surface area (TPSA) is 32.3 Å². The molecule has 0 N–H and O–H groups in total. The van der Waals surface area contributed by atoms with Gasteiger partial charge in [-0.2, -0.15) is 8.75 Å². The predicted octanol–water partition coefficient (Wildman–Crippen LogP) is 3.91. The first-order chi connectivity index (χ1) is 9.18. The maximum absolute atomic E-state index is 4.36. The summed E-state index contributed by atoms with van der Waals surface area (Å²) in [5.41, 5.74) is 4.19. The Hall–Kier alpha value is -1.36. The van der Waals surface area contributed by atoms with Crippen LogP contribution in [0.1, 0.15) is 41.5 Å². The van der Waals surface area contributed by atoms with Crippen LogP contribution in [-0.2, 0) is 0 Å². The van der Waals surface area contributed by atoms with Gasteiger partial charge in [0.05, 0.1) is 23.1 Å². The molecule has 5 heteroatoms. The number of rotatable bonds is 0. The lowest BCUT2D eigenvalue weighted by atomic mass is 10.1. The summed E-state index contributed by atoms with van der Waals surface area (Å²) < 4.78 is 8.72. The van der Waals surface area contributed by atoms with Crippen LogP contribution in [0.3, 0.4) is 0 Å². The number of benzene rings is 1. The lowest BCUT2D eigenvalue weighted by Gasteiger charge is -2.36. The third kappa shape index (κ3) is 2.04. The minimum Gasteiger partial charge on any atom is -0.335 e. The first kappa shape index (κ1) is 13.6. The van der Waals surface area contributed by atoms with Crippen LogP contribution in [-0.4, -0.2) is 19.8 Å². The third-order valence-corrected chi connectivity index (χ3v) is 3.93. The number of aromatic nitrogens is 2. The Bertz CT molecular complexity index is 594. The number of nitrogens with zero attached hydrogens (tertiary/aromatic N) is 4. The molecule has 0 aliphatic carbocycles. The van der Waals surface area contributed by atoms with Crippen molar-refractivity contribution < 1.29 is 0 Å². The zero-order chi connectivity index (χ0) is 14.7. The van der Waals surface area contributed by atoms with E-state index in [1.807, 2.05) is 0 Å². The van der Waals surface area contributed by atoms with E-state index in [-0.39, 0.29) is 11.1 Å². The SMILES string of the molecule is CC(C)(C)N1[C]N(C(C)(C)C)c2cc3nsnc3cc21. The molecule has 0 saturated carbocycles. The summed E-state index contributed by atoms with van der Waals surface area (Å²) in [6.07, 6.45) is 0. The van der Waals surface area contributed by atoms with Gasteiger partial charge in [-0.15, -0.1) is 0 Å². The summed E-state index contributed by atoms with van der Waals surface area (Å²) in [6, 6.07) is 4.25. The normalized spacial score (nSPS) is 16.1. The highest BCUT2D eigenvalue weighted by atomic mass is 32.1. The highest BCUT2D eigenvalue weighted by molar-refractivity contribution is 7.00. The second-order valence-electron chi connectivity index (χ2n) is 7.21. The van der Waals surface area contributed by atoms with E-state index in [9.17, 15) is 0 Å². The lowest BCUT2D eigenvalue weighted by molar-refractivity contribution is 0.498. The molecule has 20 heavy (non-hydrogen) atoms. The second kappa shape index (κ2) is 4.07. The Kier molecular flexibility index (Phi) is 2.77. The Balaban J connectivity index is 2.21. The molecule has 0 fully saturated rings. The smallest absolute Gasteiger partial charge is 0.209 e. The van der Waals surface area contributed by atoms with E-state index in [1.165, 1.54) is 11.7 Å². The van der Waals surface area contributed by atoms with Gasteiger partial charge in [-0.25, -0.2) is 0 Å². The van der Waals surface area contributed by atoms with Gasteiger partial charge in [0, 0.05) is 11.1 Å². The highest BCUT2D eigenvalue weighted by Crippen LogP contribution is 2.46. The molecule has 1 aliphatic rings. The fourth-order valence-corrected chi connectivity index (χ4v) is 2.91. The van der Waals surface area contributed by atoms with Gasteiger partial charge < -0.3 is 9.80 Å². The molecule has 106 valence electrons. The molecule has 2 heterocycles. The van der Waals surface area contributed by atoms with E-state index in [4.69, 9.17) is 0 Å². The van der Waals surface area contributed by atoms with Crippen molar-refractivity contribution in [1.29, 1.82) is 0 Å². The van der Waals surface area contributed by atoms with Crippen LogP contribution in [0, 0.1) is 6.67 Å². The van der Waals surface area contributed by atoms with Gasteiger partial charge in [-0.05, 0) is 53.7 Å². The predicted molar refractivity (Wildman–Crippen MR) is 85.1 cm³/mol. The summed E-state index contributed by atoms with van der Waals surface area (Å²) in [5, 5.41) is 0. The van der Waals surface area contributed by atoms with Crippen LogP contribution >= 0.6 is 11.7 Å². The molecular weight excluding hydrogens is 268 g/mol. The van der Waals surface area contributed by atoms with Gasteiger partial charge in [0.1, 0.15) is 11.0 Å². The average Bonchev–Trinajstić information content (AvgIpc) is 2.85. The molecular formula is C15H20N4S. The molecule has 2 aromatic rings. The van der Waals surface area contributed by atoms with Crippen molar-refractivity contribution in [1.82, 2.24) is 8.75 Å². The van der Waals surface area contributed by atoms with Crippen molar-refractivity contribution >= 4 is 34.1 Å². The van der Waals surface area contributed by atoms with E-state index in [1.54, 1.807) is 0 Å². The van der Waals surface area contributed by atoms with Crippen LogP contribution in [0.4, 0.5) is 11.4 Å². The zero-order valence-corrected chi connectivity index (χ0v) is 13.7. The van der Waals surface area contributed by atoms with E-state index >= 15 is 0 Å². The molecule has 0 spiro atoms. The molecule has 0 bridgehead atoms. The van der Waals surface area contributed by atoms with Crippen LogP contribution in [0.15, 0.2) is 12.1 Å². The van der Waals surface area contributed by atoms with E-state index in [0.717, 1.165) is 22.4 Å². The molecule has 3 rings (SSSR count). The summed E-state index contributed by atoms with van der Waals surface area (Å²) in [6.45, 7) is 16.7. The molecule has 0 atom stereocenters. The van der Waals surface area contributed by atoms with Gasteiger partial charge in [-0.3, -0.25) is 0 Å². The van der Waals surface area contributed by atoms with Crippen molar-refractivity contribution in [2.75, 3.05) is 9.80 Å². The minimum absolute atomic E-state index is 0.0219. The maximum atomic E-state index is 4.36. The maximum Gasteiger partial charge on any atom is 0.209 e. The molecule has 0 saturated heterocycles. The van der Waals surface area contributed by atoms with Gasteiger partial charge in [0.15, 0.2) is 0 Å². The Morgan fingerprint density at radius 3 is 1.60 bits per heavy atom. The van der Waals surface area contributed by atoms with Crippen LogP contribution in [0.25, 0.3) is 11.0 Å². The Labute approximate surface area is 124 Å². The van der Waals surface area contributed by atoms with Gasteiger partial charge in [0.25, 0.3) is 0 Å². The van der Waals surface area contributed by atoms with Crippen molar-refractivity contribution in [3.05, 3.63) is 18.8 Å². The first-order valence-electron chi connectivity index (χ1n) is 6.81. The quantitative estimate of drug-likeness (QED) is 0.735. The number of anilines is 2. The van der Waals surface area contributed by atoms with E-state index < -0.39 is 0 Å². The molecule has 0 amide bonds. The highest BCUT2D eigenvalue weighted by Gasteiger charge is 2.39. The second-order valence-corrected chi connectivity index (χ2v) is 7.73. The Morgan fingerprint density at radius 1 is 0.850 bits per heavy atom.